The van der Waals surface area contributed by atoms with Crippen molar-refractivity contribution in [3.05, 3.63) is 102 Å². The first-order chi connectivity index (χ1) is 11.8. The van der Waals surface area contributed by atoms with Gasteiger partial charge < -0.3 is 9.14 Å². The third kappa shape index (κ3) is 2.76. The molecule has 0 N–H and O–H groups in total. The lowest BCUT2D eigenvalue weighted by Crippen LogP contribution is -2.10. The number of imidazole rings is 1. The van der Waals surface area contributed by atoms with E-state index in [1.165, 1.54) is 0 Å². The fraction of sp³-hybridized carbons (Fsp3) is 0.0952. The van der Waals surface area contributed by atoms with Crippen LogP contribution in [-0.4, -0.2) is 9.38 Å². The summed E-state index contributed by atoms with van der Waals surface area (Å²) in [6.45, 7) is 1.99. The van der Waals surface area contributed by atoms with Crippen LogP contribution >= 0.6 is 0 Å². The van der Waals surface area contributed by atoms with E-state index in [1.807, 2.05) is 72.2 Å². The Morgan fingerprint density at radius 2 is 1.46 bits per heavy atom. The van der Waals surface area contributed by atoms with Gasteiger partial charge in [-0.05, 0) is 30.2 Å². The molecule has 2 aromatic carbocycles. The Morgan fingerprint density at radius 3 is 2.08 bits per heavy atom. The molecule has 3 heteroatoms. The Kier molecular flexibility index (Phi) is 3.75. The molecule has 0 amide bonds. The second-order valence-corrected chi connectivity index (χ2v) is 5.80. The summed E-state index contributed by atoms with van der Waals surface area (Å²) < 4.78 is 8.43. The van der Waals surface area contributed by atoms with E-state index in [-0.39, 0.29) is 6.10 Å². The standard InChI is InChI=1S/C21H18N2O/c1-16-15-23-14-8-13-19(21(23)22-16)24-20(17-9-4-2-5-10-17)18-11-6-3-7-12-18/h2-15,20H,1H3. The summed E-state index contributed by atoms with van der Waals surface area (Å²) in [6.07, 6.45) is 3.82. The van der Waals surface area contributed by atoms with Gasteiger partial charge in [0.15, 0.2) is 11.4 Å². The van der Waals surface area contributed by atoms with Crippen molar-refractivity contribution in [1.82, 2.24) is 9.38 Å². The molecule has 0 atom stereocenters. The first-order valence-electron chi connectivity index (χ1n) is 8.02. The molecule has 0 aliphatic carbocycles. The monoisotopic (exact) mass is 314 g/mol. The number of hydrogen-bond acceptors (Lipinski definition) is 2. The van der Waals surface area contributed by atoms with E-state index in [9.17, 15) is 0 Å². The lowest BCUT2D eigenvalue weighted by atomic mass is 10.0. The molecule has 2 heterocycles. The second-order valence-electron chi connectivity index (χ2n) is 5.80. The molecule has 2 aromatic heterocycles. The molecule has 0 fully saturated rings. The van der Waals surface area contributed by atoms with Crippen molar-refractivity contribution in [2.24, 2.45) is 0 Å². The van der Waals surface area contributed by atoms with Crippen molar-refractivity contribution in [3.8, 4) is 5.75 Å². The van der Waals surface area contributed by atoms with Crippen molar-refractivity contribution < 1.29 is 4.74 Å². The summed E-state index contributed by atoms with van der Waals surface area (Å²) in [4.78, 5) is 4.59. The van der Waals surface area contributed by atoms with Crippen molar-refractivity contribution in [3.63, 3.8) is 0 Å². The zero-order valence-electron chi connectivity index (χ0n) is 13.5. The van der Waals surface area contributed by atoms with Gasteiger partial charge in [0.05, 0.1) is 5.69 Å². The van der Waals surface area contributed by atoms with Gasteiger partial charge in [-0.2, -0.15) is 0 Å². The first-order valence-corrected chi connectivity index (χ1v) is 8.02. The average Bonchev–Trinajstić information content (AvgIpc) is 3.02. The Morgan fingerprint density at radius 1 is 0.833 bits per heavy atom. The largest absolute Gasteiger partial charge is 0.477 e. The molecule has 0 spiro atoms. The molecule has 118 valence electrons. The summed E-state index contributed by atoms with van der Waals surface area (Å²) >= 11 is 0. The van der Waals surface area contributed by atoms with Crippen molar-refractivity contribution in [2.45, 2.75) is 13.0 Å². The molecule has 0 saturated heterocycles. The Balaban J connectivity index is 1.79. The van der Waals surface area contributed by atoms with E-state index >= 15 is 0 Å². The van der Waals surface area contributed by atoms with Gasteiger partial charge in [0, 0.05) is 12.4 Å². The highest BCUT2D eigenvalue weighted by Crippen LogP contribution is 2.30. The highest BCUT2D eigenvalue weighted by molar-refractivity contribution is 5.55. The van der Waals surface area contributed by atoms with Crippen LogP contribution in [-0.2, 0) is 0 Å². The molecule has 0 aliphatic rings. The van der Waals surface area contributed by atoms with E-state index in [4.69, 9.17) is 4.74 Å². The minimum Gasteiger partial charge on any atom is -0.477 e. The zero-order valence-corrected chi connectivity index (χ0v) is 13.5. The maximum atomic E-state index is 6.43. The van der Waals surface area contributed by atoms with Crippen LogP contribution in [0.2, 0.25) is 0 Å². The van der Waals surface area contributed by atoms with Crippen LogP contribution in [0, 0.1) is 6.92 Å². The molecule has 4 aromatic rings. The SMILES string of the molecule is Cc1cn2cccc(OC(c3ccccc3)c3ccccc3)c2n1. The number of rotatable bonds is 4. The molecule has 0 saturated carbocycles. The van der Waals surface area contributed by atoms with Crippen LogP contribution in [0.5, 0.6) is 5.75 Å². The summed E-state index contributed by atoms with van der Waals surface area (Å²) in [5.74, 6) is 0.781. The molecule has 0 unspecified atom stereocenters. The van der Waals surface area contributed by atoms with Crippen molar-refractivity contribution in [2.75, 3.05) is 0 Å². The Bertz CT molecular complexity index is 906. The molecular formula is C21H18N2O. The van der Waals surface area contributed by atoms with Gasteiger partial charge in [0.25, 0.3) is 0 Å². The highest BCUT2D eigenvalue weighted by Gasteiger charge is 2.17. The smallest absolute Gasteiger partial charge is 0.179 e. The van der Waals surface area contributed by atoms with Crippen LogP contribution in [0.1, 0.15) is 22.9 Å². The minimum absolute atomic E-state index is 0.171. The molecule has 0 radical (unpaired) electrons. The van der Waals surface area contributed by atoms with Crippen LogP contribution < -0.4 is 4.74 Å². The number of hydrogen-bond donors (Lipinski definition) is 0. The molecule has 24 heavy (non-hydrogen) atoms. The fourth-order valence-electron chi connectivity index (χ4n) is 2.91. The average molecular weight is 314 g/mol. The predicted molar refractivity (Wildman–Crippen MR) is 95.3 cm³/mol. The summed E-state index contributed by atoms with van der Waals surface area (Å²) in [7, 11) is 0. The van der Waals surface area contributed by atoms with E-state index in [1.54, 1.807) is 0 Å². The van der Waals surface area contributed by atoms with Gasteiger partial charge in [-0.15, -0.1) is 0 Å². The Hall–Kier alpha value is -3.07. The predicted octanol–water partition coefficient (Wildman–Crippen LogP) is 4.81. The number of ether oxygens (including phenoxy) is 1. The van der Waals surface area contributed by atoms with Gasteiger partial charge in [0.2, 0.25) is 0 Å². The van der Waals surface area contributed by atoms with E-state index < -0.39 is 0 Å². The molecule has 4 rings (SSSR count). The number of benzene rings is 2. The van der Waals surface area contributed by atoms with Gasteiger partial charge >= 0.3 is 0 Å². The van der Waals surface area contributed by atoms with Crippen LogP contribution in [0.25, 0.3) is 5.65 Å². The lowest BCUT2D eigenvalue weighted by Gasteiger charge is -2.20. The molecule has 3 nitrogen and oxygen atoms in total. The number of aromatic nitrogens is 2. The number of aryl methyl sites for hydroxylation is 1. The fourth-order valence-corrected chi connectivity index (χ4v) is 2.91. The number of fused-ring (bicyclic) bond motifs is 1. The second kappa shape index (κ2) is 6.20. The van der Waals surface area contributed by atoms with Crippen LogP contribution in [0.15, 0.2) is 85.2 Å². The van der Waals surface area contributed by atoms with Gasteiger partial charge in [-0.1, -0.05) is 60.7 Å². The summed E-state index contributed by atoms with van der Waals surface area (Å²) in [6, 6.07) is 24.5. The lowest BCUT2D eigenvalue weighted by molar-refractivity contribution is 0.249. The molecule has 0 bridgehead atoms. The third-order valence-electron chi connectivity index (χ3n) is 4.02. The maximum Gasteiger partial charge on any atom is 0.179 e. The quantitative estimate of drug-likeness (QED) is 0.540. The van der Waals surface area contributed by atoms with Crippen molar-refractivity contribution >= 4 is 5.65 Å². The van der Waals surface area contributed by atoms with E-state index in [2.05, 4.69) is 29.2 Å². The maximum absolute atomic E-state index is 6.43. The summed E-state index contributed by atoms with van der Waals surface area (Å²) in [5, 5.41) is 0. The minimum atomic E-state index is -0.171. The zero-order chi connectivity index (χ0) is 16.4. The van der Waals surface area contributed by atoms with Gasteiger partial charge in [-0.3, -0.25) is 0 Å². The normalized spacial score (nSPS) is 11.1. The number of pyridine rings is 1. The van der Waals surface area contributed by atoms with E-state index in [0.717, 1.165) is 28.2 Å². The van der Waals surface area contributed by atoms with E-state index in [0.29, 0.717) is 0 Å². The first kappa shape index (κ1) is 14.5. The van der Waals surface area contributed by atoms with Gasteiger partial charge in [0.1, 0.15) is 6.10 Å². The molecular weight excluding hydrogens is 296 g/mol. The highest BCUT2D eigenvalue weighted by atomic mass is 16.5. The van der Waals surface area contributed by atoms with Crippen LogP contribution in [0.4, 0.5) is 0 Å². The molecule has 0 aliphatic heterocycles. The topological polar surface area (TPSA) is 26.5 Å². The third-order valence-corrected chi connectivity index (χ3v) is 4.02. The van der Waals surface area contributed by atoms with Gasteiger partial charge in [-0.25, -0.2) is 4.98 Å². The van der Waals surface area contributed by atoms with Crippen LogP contribution in [0.3, 0.4) is 0 Å². The van der Waals surface area contributed by atoms with Crippen molar-refractivity contribution in [1.29, 1.82) is 0 Å². The summed E-state index contributed by atoms with van der Waals surface area (Å²) in [5.41, 5.74) is 4.05. The number of nitrogens with zero attached hydrogens (tertiary/aromatic N) is 2. The Labute approximate surface area is 141 Å².